The summed E-state index contributed by atoms with van der Waals surface area (Å²) in [6, 6.07) is 4.20. The van der Waals surface area contributed by atoms with Crippen molar-refractivity contribution in [2.75, 3.05) is 46.4 Å². The summed E-state index contributed by atoms with van der Waals surface area (Å²) in [6.45, 7) is 2.86. The number of hydrogen-bond donors (Lipinski definition) is 1. The van der Waals surface area contributed by atoms with Gasteiger partial charge in [-0.25, -0.2) is 0 Å². The number of hydrogen-bond acceptors (Lipinski definition) is 4. The van der Waals surface area contributed by atoms with E-state index < -0.39 is 17.3 Å². The summed E-state index contributed by atoms with van der Waals surface area (Å²) < 4.78 is 43.6. The molecule has 0 bridgehead atoms. The van der Waals surface area contributed by atoms with Crippen LogP contribution in [0.5, 0.6) is 0 Å². The van der Waals surface area contributed by atoms with Crippen LogP contribution in [0.25, 0.3) is 0 Å². The average Bonchev–Trinajstić information content (AvgIpc) is 2.73. The molecule has 0 aliphatic carbocycles. The van der Waals surface area contributed by atoms with Crippen molar-refractivity contribution < 1.29 is 27.5 Å². The molecule has 1 N–H and O–H groups in total. The first-order valence-corrected chi connectivity index (χ1v) is 9.29. The molecule has 1 aromatic rings. The van der Waals surface area contributed by atoms with E-state index in [1.165, 1.54) is 12.1 Å². The summed E-state index contributed by atoms with van der Waals surface area (Å²) in [5.74, 6) is -0.387. The molecule has 6 nitrogen and oxygen atoms in total. The highest BCUT2D eigenvalue weighted by molar-refractivity contribution is 5.94. The number of nitrogens with zero attached hydrogens (tertiary/aromatic N) is 2. The monoisotopic (exact) mass is 435 g/mol. The Morgan fingerprint density at radius 2 is 1.52 bits per heavy atom. The minimum Gasteiger partial charge on any atom is -0.368 e. The molecule has 2 aliphatic rings. The summed E-state index contributed by atoms with van der Waals surface area (Å²) >= 11 is 0. The van der Waals surface area contributed by atoms with Gasteiger partial charge >= 0.3 is 6.18 Å². The minimum absolute atomic E-state index is 0. The molecule has 1 aromatic carbocycles. The largest absolute Gasteiger partial charge is 0.416 e. The minimum atomic E-state index is -4.43. The average molecular weight is 436 g/mol. The number of alkyl halides is 3. The van der Waals surface area contributed by atoms with E-state index in [1.54, 1.807) is 16.9 Å². The van der Waals surface area contributed by atoms with Crippen molar-refractivity contribution in [2.24, 2.45) is 0 Å². The van der Waals surface area contributed by atoms with Crippen molar-refractivity contribution in [1.29, 1.82) is 0 Å². The third-order valence-corrected chi connectivity index (χ3v) is 5.51. The molecule has 2 amide bonds. The van der Waals surface area contributed by atoms with E-state index in [0.717, 1.165) is 12.1 Å². The van der Waals surface area contributed by atoms with Crippen molar-refractivity contribution >= 4 is 24.2 Å². The van der Waals surface area contributed by atoms with Gasteiger partial charge in [0.05, 0.1) is 5.56 Å². The fourth-order valence-electron chi connectivity index (χ4n) is 3.72. The fraction of sp³-hybridized carbons (Fsp3) is 0.579. The quantitative estimate of drug-likeness (QED) is 0.790. The summed E-state index contributed by atoms with van der Waals surface area (Å²) in [4.78, 5) is 28.8. The molecule has 0 atom stereocenters. The molecule has 0 aromatic heterocycles. The summed E-state index contributed by atoms with van der Waals surface area (Å²) in [7, 11) is 1.55. The van der Waals surface area contributed by atoms with Crippen LogP contribution in [0.3, 0.4) is 0 Å². The van der Waals surface area contributed by atoms with Crippen LogP contribution in [0.15, 0.2) is 24.3 Å². The highest BCUT2D eigenvalue weighted by Crippen LogP contribution is 2.29. The van der Waals surface area contributed by atoms with Gasteiger partial charge < -0.3 is 19.9 Å². The molecule has 0 unspecified atom stereocenters. The lowest BCUT2D eigenvalue weighted by Crippen LogP contribution is -2.59. The predicted octanol–water partition coefficient (Wildman–Crippen LogP) is 2.18. The predicted molar refractivity (Wildman–Crippen MR) is 103 cm³/mol. The van der Waals surface area contributed by atoms with Gasteiger partial charge in [-0.1, -0.05) is 0 Å². The smallest absolute Gasteiger partial charge is 0.368 e. The van der Waals surface area contributed by atoms with Gasteiger partial charge in [0.15, 0.2) is 0 Å². The van der Waals surface area contributed by atoms with Crippen LogP contribution < -0.4 is 5.32 Å². The van der Waals surface area contributed by atoms with Crippen molar-refractivity contribution in [3.8, 4) is 0 Å². The van der Waals surface area contributed by atoms with Gasteiger partial charge in [0.25, 0.3) is 11.8 Å². The first-order chi connectivity index (χ1) is 13.3. The van der Waals surface area contributed by atoms with Gasteiger partial charge in [-0.2, -0.15) is 13.2 Å². The second-order valence-electron chi connectivity index (χ2n) is 7.11. The van der Waals surface area contributed by atoms with E-state index in [1.807, 2.05) is 0 Å². The SMILES string of the molecule is COC1(C(=O)N2CCN(C(=O)c3ccc(C(F)(F)F)cc3)CC2)CCNCC1.Cl. The molecule has 0 radical (unpaired) electrons. The van der Waals surface area contributed by atoms with Crippen molar-refractivity contribution in [1.82, 2.24) is 15.1 Å². The molecule has 2 fully saturated rings. The molecule has 162 valence electrons. The maximum atomic E-state index is 12.9. The topological polar surface area (TPSA) is 61.9 Å². The Morgan fingerprint density at radius 3 is 2.00 bits per heavy atom. The van der Waals surface area contributed by atoms with E-state index in [2.05, 4.69) is 5.32 Å². The molecular formula is C19H25ClF3N3O3. The number of nitrogens with one attached hydrogen (secondary N) is 1. The number of carbonyl (C=O) groups excluding carboxylic acids is 2. The number of piperidine rings is 1. The van der Waals surface area contributed by atoms with E-state index in [0.29, 0.717) is 52.1 Å². The lowest BCUT2D eigenvalue weighted by Gasteiger charge is -2.42. The normalized spacial score (nSPS) is 19.4. The highest BCUT2D eigenvalue weighted by atomic mass is 35.5. The van der Waals surface area contributed by atoms with Gasteiger partial charge in [0.1, 0.15) is 5.60 Å². The standard InChI is InChI=1S/C19H24F3N3O3.ClH/c1-28-18(6-8-23-9-7-18)17(27)25-12-10-24(11-13-25)16(26)14-2-4-15(5-3-14)19(20,21)22;/h2-5,23H,6-13H2,1H3;1H. The fourth-order valence-corrected chi connectivity index (χ4v) is 3.72. The maximum Gasteiger partial charge on any atom is 0.416 e. The zero-order chi connectivity index (χ0) is 20.4. The number of piperazine rings is 1. The number of halogens is 4. The van der Waals surface area contributed by atoms with E-state index in [-0.39, 0.29) is 29.8 Å². The Bertz CT molecular complexity index is 714. The number of benzene rings is 1. The van der Waals surface area contributed by atoms with Crippen LogP contribution in [0.1, 0.15) is 28.8 Å². The first kappa shape index (κ1) is 23.4. The van der Waals surface area contributed by atoms with Crippen molar-refractivity contribution in [3.63, 3.8) is 0 Å². The van der Waals surface area contributed by atoms with Gasteiger partial charge in [-0.3, -0.25) is 9.59 Å². The van der Waals surface area contributed by atoms with Gasteiger partial charge in [0.2, 0.25) is 0 Å². The van der Waals surface area contributed by atoms with Gasteiger partial charge in [-0.15, -0.1) is 12.4 Å². The Kier molecular flexibility index (Phi) is 7.53. The van der Waals surface area contributed by atoms with Crippen LogP contribution >= 0.6 is 12.4 Å². The van der Waals surface area contributed by atoms with Crippen LogP contribution in [-0.4, -0.2) is 73.6 Å². The zero-order valence-corrected chi connectivity index (χ0v) is 16.9. The number of methoxy groups -OCH3 is 1. The Labute approximate surface area is 173 Å². The number of ether oxygens (including phenoxy) is 1. The number of carbonyl (C=O) groups is 2. The van der Waals surface area contributed by atoms with Crippen LogP contribution in [0.2, 0.25) is 0 Å². The van der Waals surface area contributed by atoms with Crippen molar-refractivity contribution in [3.05, 3.63) is 35.4 Å². The molecule has 0 spiro atoms. The first-order valence-electron chi connectivity index (χ1n) is 9.29. The van der Waals surface area contributed by atoms with E-state index >= 15 is 0 Å². The Morgan fingerprint density at radius 1 is 1.00 bits per heavy atom. The Hall–Kier alpha value is -1.84. The molecular weight excluding hydrogens is 411 g/mol. The molecule has 3 rings (SSSR count). The lowest BCUT2D eigenvalue weighted by molar-refractivity contribution is -0.159. The lowest BCUT2D eigenvalue weighted by atomic mass is 9.90. The van der Waals surface area contributed by atoms with Gasteiger partial charge in [0, 0.05) is 38.9 Å². The molecule has 2 saturated heterocycles. The molecule has 29 heavy (non-hydrogen) atoms. The summed E-state index contributed by atoms with van der Waals surface area (Å²) in [5.41, 5.74) is -1.39. The van der Waals surface area contributed by atoms with E-state index in [4.69, 9.17) is 4.74 Å². The molecule has 2 heterocycles. The maximum absolute atomic E-state index is 12.9. The van der Waals surface area contributed by atoms with Crippen LogP contribution in [-0.2, 0) is 15.7 Å². The summed E-state index contributed by atoms with van der Waals surface area (Å²) in [5, 5.41) is 3.21. The van der Waals surface area contributed by atoms with Crippen molar-refractivity contribution in [2.45, 2.75) is 24.6 Å². The van der Waals surface area contributed by atoms with Crippen LogP contribution in [0.4, 0.5) is 13.2 Å². The molecule has 0 saturated carbocycles. The molecule has 10 heteroatoms. The Balaban J connectivity index is 0.00000300. The van der Waals surface area contributed by atoms with E-state index in [9.17, 15) is 22.8 Å². The third kappa shape index (κ3) is 5.02. The molecule has 2 aliphatic heterocycles. The summed E-state index contributed by atoms with van der Waals surface area (Å²) in [6.07, 6.45) is -3.22. The number of amides is 2. The second-order valence-corrected chi connectivity index (χ2v) is 7.11. The van der Waals surface area contributed by atoms with Crippen LogP contribution in [0, 0.1) is 0 Å². The zero-order valence-electron chi connectivity index (χ0n) is 16.1. The number of rotatable bonds is 3. The third-order valence-electron chi connectivity index (χ3n) is 5.51. The second kappa shape index (κ2) is 9.32. The highest BCUT2D eigenvalue weighted by Gasteiger charge is 2.43. The van der Waals surface area contributed by atoms with Gasteiger partial charge in [-0.05, 0) is 50.2 Å².